The zero-order valence-electron chi connectivity index (χ0n) is 8.50. The molecule has 5 nitrogen and oxygen atoms in total. The van der Waals surface area contributed by atoms with Gasteiger partial charge in [-0.05, 0) is 46.9 Å². The summed E-state index contributed by atoms with van der Waals surface area (Å²) in [6.45, 7) is 0. The number of halogens is 1. The minimum Gasteiger partial charge on any atom is -0.476 e. The molecule has 1 aromatic heterocycles. The van der Waals surface area contributed by atoms with E-state index in [1.165, 1.54) is 16.9 Å². The van der Waals surface area contributed by atoms with Crippen LogP contribution in [0.4, 0.5) is 0 Å². The predicted molar refractivity (Wildman–Crippen MR) is 69.5 cm³/mol. The van der Waals surface area contributed by atoms with E-state index < -0.39 is 17.1 Å². The van der Waals surface area contributed by atoms with Crippen molar-refractivity contribution in [3.8, 4) is 5.69 Å². The van der Waals surface area contributed by atoms with E-state index in [0.717, 1.165) is 3.57 Å². The van der Waals surface area contributed by atoms with Crippen molar-refractivity contribution in [3.05, 3.63) is 56.0 Å². The summed E-state index contributed by atoms with van der Waals surface area (Å²) in [5, 5.41) is 12.6. The van der Waals surface area contributed by atoms with E-state index in [1.807, 2.05) is 12.1 Å². The summed E-state index contributed by atoms with van der Waals surface area (Å²) in [4.78, 5) is 22.0. The van der Waals surface area contributed by atoms with Crippen molar-refractivity contribution >= 4 is 28.6 Å². The van der Waals surface area contributed by atoms with Gasteiger partial charge < -0.3 is 5.11 Å². The Morgan fingerprint density at radius 1 is 1.24 bits per heavy atom. The molecule has 1 N–H and O–H groups in total. The van der Waals surface area contributed by atoms with Gasteiger partial charge in [0.25, 0.3) is 0 Å². The molecular formula is C11H7IN2O3. The average Bonchev–Trinajstić information content (AvgIpc) is 2.30. The molecule has 1 heterocycles. The van der Waals surface area contributed by atoms with Gasteiger partial charge in [0.05, 0.1) is 5.69 Å². The zero-order valence-corrected chi connectivity index (χ0v) is 10.7. The van der Waals surface area contributed by atoms with Crippen LogP contribution in [-0.4, -0.2) is 20.9 Å². The molecule has 0 saturated carbocycles. The average molecular weight is 342 g/mol. The Kier molecular flexibility index (Phi) is 3.23. The molecule has 0 radical (unpaired) electrons. The van der Waals surface area contributed by atoms with Gasteiger partial charge in [0.15, 0.2) is 0 Å². The van der Waals surface area contributed by atoms with Crippen LogP contribution in [0.3, 0.4) is 0 Å². The van der Waals surface area contributed by atoms with Gasteiger partial charge in [0, 0.05) is 15.8 Å². The molecule has 0 unspecified atom stereocenters. The second kappa shape index (κ2) is 4.66. The number of carboxylic acid groups (broad SMARTS) is 1. The number of hydrogen-bond acceptors (Lipinski definition) is 3. The van der Waals surface area contributed by atoms with Crippen molar-refractivity contribution in [1.29, 1.82) is 0 Å². The third-order valence-electron chi connectivity index (χ3n) is 2.10. The highest BCUT2D eigenvalue weighted by molar-refractivity contribution is 14.1. The van der Waals surface area contributed by atoms with E-state index in [0.29, 0.717) is 5.69 Å². The largest absolute Gasteiger partial charge is 0.476 e. The summed E-state index contributed by atoms with van der Waals surface area (Å²) in [6.07, 6.45) is 1.44. The highest BCUT2D eigenvalue weighted by Gasteiger charge is 2.10. The Balaban J connectivity index is 2.53. The molecule has 0 spiro atoms. The molecule has 0 aliphatic carbocycles. The first-order valence-corrected chi connectivity index (χ1v) is 5.75. The van der Waals surface area contributed by atoms with Crippen molar-refractivity contribution < 1.29 is 9.90 Å². The minimum atomic E-state index is -1.32. The molecule has 17 heavy (non-hydrogen) atoms. The number of aromatic nitrogens is 2. The third-order valence-corrected chi connectivity index (χ3v) is 2.82. The second-order valence-corrected chi connectivity index (χ2v) is 4.50. The molecule has 6 heteroatoms. The van der Waals surface area contributed by atoms with Crippen LogP contribution in [0.1, 0.15) is 10.5 Å². The fourth-order valence-electron chi connectivity index (χ4n) is 1.29. The summed E-state index contributed by atoms with van der Waals surface area (Å²) >= 11 is 2.16. The van der Waals surface area contributed by atoms with Gasteiger partial charge in [-0.1, -0.05) is 0 Å². The van der Waals surface area contributed by atoms with Crippen LogP contribution >= 0.6 is 22.6 Å². The lowest BCUT2D eigenvalue weighted by Crippen LogP contribution is -2.20. The van der Waals surface area contributed by atoms with E-state index in [1.54, 1.807) is 12.1 Å². The fraction of sp³-hybridized carbons (Fsp3) is 0. The minimum absolute atomic E-state index is 0.481. The summed E-state index contributed by atoms with van der Waals surface area (Å²) in [5.41, 5.74) is -0.377. The smallest absolute Gasteiger partial charge is 0.360 e. The lowest BCUT2D eigenvalue weighted by molar-refractivity contribution is 0.0687. The van der Waals surface area contributed by atoms with E-state index in [4.69, 9.17) is 5.11 Å². The summed E-state index contributed by atoms with van der Waals surface area (Å²) in [6, 6.07) is 8.52. The van der Waals surface area contributed by atoms with Gasteiger partial charge in [0.1, 0.15) is 0 Å². The topological polar surface area (TPSA) is 72.2 Å². The van der Waals surface area contributed by atoms with Gasteiger partial charge >= 0.3 is 5.97 Å². The number of rotatable bonds is 2. The Bertz CT molecular complexity index is 619. The molecule has 0 saturated heterocycles. The maximum atomic E-state index is 11.2. The van der Waals surface area contributed by atoms with Crippen LogP contribution in [-0.2, 0) is 0 Å². The predicted octanol–water partition coefficient (Wildman–Crippen LogP) is 1.54. The molecule has 0 atom stereocenters. The van der Waals surface area contributed by atoms with Gasteiger partial charge in [-0.3, -0.25) is 4.79 Å². The van der Waals surface area contributed by atoms with Gasteiger partial charge in [-0.25, -0.2) is 9.48 Å². The molecule has 2 aromatic rings. The summed E-state index contributed by atoms with van der Waals surface area (Å²) in [7, 11) is 0. The van der Waals surface area contributed by atoms with E-state index >= 15 is 0 Å². The maximum absolute atomic E-state index is 11.2. The van der Waals surface area contributed by atoms with Crippen LogP contribution in [0.25, 0.3) is 5.69 Å². The normalized spacial score (nSPS) is 10.2. The van der Waals surface area contributed by atoms with Gasteiger partial charge in [0.2, 0.25) is 11.1 Å². The molecule has 86 valence electrons. The monoisotopic (exact) mass is 342 g/mol. The Labute approximate surface area is 110 Å². The summed E-state index contributed by atoms with van der Waals surface area (Å²) < 4.78 is 2.42. The number of aromatic carboxylic acids is 1. The van der Waals surface area contributed by atoms with Crippen LogP contribution in [0.15, 0.2) is 41.3 Å². The molecule has 0 aliphatic rings. The number of carbonyl (C=O) groups is 1. The number of benzene rings is 1. The molecule has 0 fully saturated rings. The standard InChI is InChI=1S/C11H7IN2O3/c12-7-1-3-8(4-2-7)14-6-5-9(15)10(13-14)11(16)17/h1-6H,(H,16,17). The second-order valence-electron chi connectivity index (χ2n) is 3.25. The van der Waals surface area contributed by atoms with Crippen LogP contribution < -0.4 is 5.43 Å². The first-order chi connectivity index (χ1) is 8.08. The van der Waals surface area contributed by atoms with Crippen molar-refractivity contribution in [3.63, 3.8) is 0 Å². The Hall–Kier alpha value is -1.70. The van der Waals surface area contributed by atoms with Gasteiger partial charge in [-0.2, -0.15) is 5.10 Å². The Morgan fingerprint density at radius 2 is 1.88 bits per heavy atom. The summed E-state index contributed by atoms with van der Waals surface area (Å²) in [5.74, 6) is -1.32. The number of hydrogen-bond donors (Lipinski definition) is 1. The van der Waals surface area contributed by atoms with Crippen molar-refractivity contribution in [1.82, 2.24) is 9.78 Å². The highest BCUT2D eigenvalue weighted by Crippen LogP contribution is 2.09. The molecule has 1 aromatic carbocycles. The molecular weight excluding hydrogens is 335 g/mol. The van der Waals surface area contributed by atoms with Crippen molar-refractivity contribution in [2.45, 2.75) is 0 Å². The molecule has 0 bridgehead atoms. The van der Waals surface area contributed by atoms with Crippen molar-refractivity contribution in [2.24, 2.45) is 0 Å². The molecule has 2 rings (SSSR count). The van der Waals surface area contributed by atoms with E-state index in [9.17, 15) is 9.59 Å². The van der Waals surface area contributed by atoms with E-state index in [2.05, 4.69) is 27.7 Å². The fourth-order valence-corrected chi connectivity index (χ4v) is 1.65. The third kappa shape index (κ3) is 2.52. The molecule has 0 aliphatic heterocycles. The van der Waals surface area contributed by atoms with Crippen LogP contribution in [0.2, 0.25) is 0 Å². The highest BCUT2D eigenvalue weighted by atomic mass is 127. The quantitative estimate of drug-likeness (QED) is 0.841. The number of carboxylic acids is 1. The first-order valence-electron chi connectivity index (χ1n) is 4.67. The lowest BCUT2D eigenvalue weighted by atomic mass is 10.3. The SMILES string of the molecule is O=C(O)c1nn(-c2ccc(I)cc2)ccc1=O. The molecule has 0 amide bonds. The van der Waals surface area contributed by atoms with E-state index in [-0.39, 0.29) is 0 Å². The maximum Gasteiger partial charge on any atom is 0.360 e. The van der Waals surface area contributed by atoms with Crippen LogP contribution in [0.5, 0.6) is 0 Å². The zero-order chi connectivity index (χ0) is 12.4. The van der Waals surface area contributed by atoms with Crippen molar-refractivity contribution in [2.75, 3.05) is 0 Å². The Morgan fingerprint density at radius 3 is 2.47 bits per heavy atom. The first kappa shape index (κ1) is 11.8. The van der Waals surface area contributed by atoms with Gasteiger partial charge in [-0.15, -0.1) is 0 Å². The van der Waals surface area contributed by atoms with Crippen LogP contribution in [0, 0.1) is 3.57 Å². The number of nitrogens with zero attached hydrogens (tertiary/aromatic N) is 2. The lowest BCUT2D eigenvalue weighted by Gasteiger charge is -2.05.